The average molecular weight is 195 g/mol. The van der Waals surface area contributed by atoms with E-state index in [9.17, 15) is 4.39 Å². The molecule has 0 N–H and O–H groups in total. The fourth-order valence-electron chi connectivity index (χ4n) is 1.80. The van der Waals surface area contributed by atoms with Crippen molar-refractivity contribution in [3.8, 4) is 0 Å². The van der Waals surface area contributed by atoms with E-state index in [0.29, 0.717) is 17.9 Å². The van der Waals surface area contributed by atoms with Crippen LogP contribution < -0.4 is 4.90 Å². The van der Waals surface area contributed by atoms with Crippen LogP contribution in [-0.2, 0) is 0 Å². The summed E-state index contributed by atoms with van der Waals surface area (Å²) in [5, 5.41) is 0. The van der Waals surface area contributed by atoms with Gasteiger partial charge in [0.2, 0.25) is 5.95 Å². The van der Waals surface area contributed by atoms with E-state index in [1.54, 1.807) is 0 Å². The molecule has 1 aromatic heterocycles. The molecule has 1 saturated heterocycles. The van der Waals surface area contributed by atoms with E-state index in [-0.39, 0.29) is 5.82 Å². The smallest absolute Gasteiger partial charge is 0.225 e. The van der Waals surface area contributed by atoms with Crippen molar-refractivity contribution in [2.24, 2.45) is 5.92 Å². The Balaban J connectivity index is 2.12. The van der Waals surface area contributed by atoms with Crippen LogP contribution in [0.15, 0.2) is 12.4 Å². The molecule has 2 heterocycles. The van der Waals surface area contributed by atoms with E-state index in [4.69, 9.17) is 0 Å². The Morgan fingerprint density at radius 1 is 1.43 bits per heavy atom. The molecule has 0 unspecified atom stereocenters. The number of aromatic nitrogens is 2. The molecular weight excluding hydrogens is 181 g/mol. The SMILES string of the molecule is CC(C)[C@@H]1CCN1c1ncc(F)cn1. The molecule has 76 valence electrons. The van der Waals surface area contributed by atoms with Gasteiger partial charge in [-0.2, -0.15) is 0 Å². The van der Waals surface area contributed by atoms with Crippen LogP contribution in [0.4, 0.5) is 10.3 Å². The van der Waals surface area contributed by atoms with Crippen molar-refractivity contribution >= 4 is 5.95 Å². The van der Waals surface area contributed by atoms with E-state index in [1.807, 2.05) is 0 Å². The van der Waals surface area contributed by atoms with Gasteiger partial charge in [-0.25, -0.2) is 14.4 Å². The third kappa shape index (κ3) is 1.56. The van der Waals surface area contributed by atoms with Crippen LogP contribution in [0.5, 0.6) is 0 Å². The van der Waals surface area contributed by atoms with Crippen molar-refractivity contribution in [2.45, 2.75) is 26.3 Å². The molecule has 0 bridgehead atoms. The van der Waals surface area contributed by atoms with Gasteiger partial charge in [-0.15, -0.1) is 0 Å². The molecule has 1 aliphatic heterocycles. The lowest BCUT2D eigenvalue weighted by atomic mass is 9.92. The molecule has 3 nitrogen and oxygen atoms in total. The van der Waals surface area contributed by atoms with Crippen LogP contribution in [0.3, 0.4) is 0 Å². The number of hydrogen-bond acceptors (Lipinski definition) is 3. The predicted octanol–water partition coefficient (Wildman–Crippen LogP) is 1.85. The van der Waals surface area contributed by atoms with E-state index in [1.165, 1.54) is 18.8 Å². The first kappa shape index (κ1) is 9.37. The number of anilines is 1. The maximum atomic E-state index is 12.6. The van der Waals surface area contributed by atoms with Gasteiger partial charge in [-0.1, -0.05) is 13.8 Å². The molecule has 0 spiro atoms. The van der Waals surface area contributed by atoms with Gasteiger partial charge in [0.25, 0.3) is 0 Å². The van der Waals surface area contributed by atoms with E-state index in [0.717, 1.165) is 6.54 Å². The summed E-state index contributed by atoms with van der Waals surface area (Å²) in [6.07, 6.45) is 3.62. The number of halogens is 1. The first-order valence-electron chi connectivity index (χ1n) is 4.92. The summed E-state index contributed by atoms with van der Waals surface area (Å²) >= 11 is 0. The molecule has 1 fully saturated rings. The zero-order chi connectivity index (χ0) is 10.1. The van der Waals surface area contributed by atoms with Gasteiger partial charge in [0, 0.05) is 12.6 Å². The zero-order valence-corrected chi connectivity index (χ0v) is 8.44. The highest BCUT2D eigenvalue weighted by atomic mass is 19.1. The summed E-state index contributed by atoms with van der Waals surface area (Å²) in [5.74, 6) is 0.865. The zero-order valence-electron chi connectivity index (χ0n) is 8.44. The predicted molar refractivity (Wildman–Crippen MR) is 52.6 cm³/mol. The molecule has 1 aliphatic rings. The quantitative estimate of drug-likeness (QED) is 0.721. The number of hydrogen-bond donors (Lipinski definition) is 0. The van der Waals surface area contributed by atoms with Gasteiger partial charge in [0.05, 0.1) is 12.4 Å². The second-order valence-electron chi connectivity index (χ2n) is 3.99. The second-order valence-corrected chi connectivity index (χ2v) is 3.99. The standard InChI is InChI=1S/C10H14FN3/c1-7(2)9-3-4-14(9)10-12-5-8(11)6-13-10/h5-7,9H,3-4H2,1-2H3/t9-/m0/s1. The molecule has 0 aromatic carbocycles. The van der Waals surface area contributed by atoms with Crippen LogP contribution in [0.25, 0.3) is 0 Å². The average Bonchev–Trinajstić information content (AvgIpc) is 2.05. The van der Waals surface area contributed by atoms with Gasteiger partial charge in [-0.3, -0.25) is 0 Å². The van der Waals surface area contributed by atoms with Gasteiger partial charge >= 0.3 is 0 Å². The monoisotopic (exact) mass is 195 g/mol. The summed E-state index contributed by atoms with van der Waals surface area (Å²) in [7, 11) is 0. The third-order valence-electron chi connectivity index (χ3n) is 2.70. The molecule has 0 saturated carbocycles. The first-order chi connectivity index (χ1) is 6.68. The van der Waals surface area contributed by atoms with E-state index < -0.39 is 0 Å². The maximum Gasteiger partial charge on any atom is 0.225 e. The highest BCUT2D eigenvalue weighted by molar-refractivity contribution is 5.35. The Hall–Kier alpha value is -1.19. The fourth-order valence-corrected chi connectivity index (χ4v) is 1.80. The second kappa shape index (κ2) is 3.52. The fraction of sp³-hybridized carbons (Fsp3) is 0.600. The molecule has 14 heavy (non-hydrogen) atoms. The summed E-state index contributed by atoms with van der Waals surface area (Å²) in [6.45, 7) is 5.34. The highest BCUT2D eigenvalue weighted by Gasteiger charge is 2.32. The molecule has 0 aliphatic carbocycles. The molecule has 1 aromatic rings. The van der Waals surface area contributed by atoms with Gasteiger partial charge < -0.3 is 4.90 Å². The Bertz CT molecular complexity index is 310. The lowest BCUT2D eigenvalue weighted by Gasteiger charge is -2.43. The number of nitrogens with zero attached hydrogens (tertiary/aromatic N) is 3. The summed E-state index contributed by atoms with van der Waals surface area (Å²) in [5.41, 5.74) is 0. The maximum absolute atomic E-state index is 12.6. The molecule has 0 radical (unpaired) electrons. The lowest BCUT2D eigenvalue weighted by Crippen LogP contribution is -2.51. The number of rotatable bonds is 2. The van der Waals surface area contributed by atoms with Crippen LogP contribution >= 0.6 is 0 Å². The Kier molecular flexibility index (Phi) is 2.35. The minimum Gasteiger partial charge on any atom is -0.337 e. The third-order valence-corrected chi connectivity index (χ3v) is 2.70. The van der Waals surface area contributed by atoms with Crippen molar-refractivity contribution < 1.29 is 4.39 Å². The van der Waals surface area contributed by atoms with Crippen molar-refractivity contribution in [2.75, 3.05) is 11.4 Å². The van der Waals surface area contributed by atoms with Crippen LogP contribution in [0, 0.1) is 11.7 Å². The molecule has 2 rings (SSSR count). The van der Waals surface area contributed by atoms with Crippen molar-refractivity contribution in [3.05, 3.63) is 18.2 Å². The van der Waals surface area contributed by atoms with Crippen LogP contribution in [0.1, 0.15) is 20.3 Å². The van der Waals surface area contributed by atoms with Crippen LogP contribution in [-0.4, -0.2) is 22.6 Å². The van der Waals surface area contributed by atoms with Gasteiger partial charge in [0.15, 0.2) is 5.82 Å². The van der Waals surface area contributed by atoms with Gasteiger partial charge in [-0.05, 0) is 12.3 Å². The minimum atomic E-state index is -0.379. The summed E-state index contributed by atoms with van der Waals surface area (Å²) in [6, 6.07) is 0.514. The largest absolute Gasteiger partial charge is 0.337 e. The Labute approximate surface area is 83.0 Å². The van der Waals surface area contributed by atoms with Crippen molar-refractivity contribution in [3.63, 3.8) is 0 Å². The summed E-state index contributed by atoms with van der Waals surface area (Å²) < 4.78 is 12.6. The van der Waals surface area contributed by atoms with Crippen LogP contribution in [0.2, 0.25) is 0 Å². The first-order valence-corrected chi connectivity index (χ1v) is 4.92. The normalized spacial score (nSPS) is 21.1. The van der Waals surface area contributed by atoms with Gasteiger partial charge in [0.1, 0.15) is 0 Å². The Morgan fingerprint density at radius 2 is 2.07 bits per heavy atom. The van der Waals surface area contributed by atoms with E-state index in [2.05, 4.69) is 28.7 Å². The Morgan fingerprint density at radius 3 is 2.50 bits per heavy atom. The van der Waals surface area contributed by atoms with E-state index >= 15 is 0 Å². The topological polar surface area (TPSA) is 29.0 Å². The summed E-state index contributed by atoms with van der Waals surface area (Å²) in [4.78, 5) is 10.1. The highest BCUT2D eigenvalue weighted by Crippen LogP contribution is 2.27. The lowest BCUT2D eigenvalue weighted by molar-refractivity contribution is 0.346. The van der Waals surface area contributed by atoms with Crippen molar-refractivity contribution in [1.82, 2.24) is 9.97 Å². The molecular formula is C10H14FN3. The minimum absolute atomic E-state index is 0.379. The van der Waals surface area contributed by atoms with Crippen molar-refractivity contribution in [1.29, 1.82) is 0 Å². The molecule has 0 amide bonds. The molecule has 1 atom stereocenters. The molecule has 4 heteroatoms.